The number of hydrogen-bond acceptors (Lipinski definition) is 6. The summed E-state index contributed by atoms with van der Waals surface area (Å²) in [5.74, 6) is 8.29. The zero-order valence-corrected chi connectivity index (χ0v) is 24.5. The number of benzene rings is 1. The van der Waals surface area contributed by atoms with E-state index >= 15 is 0 Å². The van der Waals surface area contributed by atoms with Gasteiger partial charge in [0.2, 0.25) is 0 Å². The lowest BCUT2D eigenvalue weighted by molar-refractivity contribution is -0.164. The molecular formula is C32H38ClN5O2. The summed E-state index contributed by atoms with van der Waals surface area (Å²) in [5, 5.41) is 16.1. The van der Waals surface area contributed by atoms with E-state index in [0.29, 0.717) is 33.5 Å². The van der Waals surface area contributed by atoms with Gasteiger partial charge in [-0.2, -0.15) is 5.26 Å². The third kappa shape index (κ3) is 5.84. The van der Waals surface area contributed by atoms with Crippen LogP contribution < -0.4 is 15.4 Å². The molecule has 2 aliphatic heterocycles. The van der Waals surface area contributed by atoms with E-state index in [1.165, 1.54) is 6.54 Å². The minimum Gasteiger partial charge on any atom is -0.489 e. The number of aromatic nitrogens is 1. The number of ether oxygens (including phenoxy) is 1. The van der Waals surface area contributed by atoms with Crippen molar-refractivity contribution >= 4 is 17.5 Å². The quantitative estimate of drug-likeness (QED) is 0.506. The second kappa shape index (κ2) is 11.4. The number of hydrogen-bond donors (Lipinski definition) is 2. The number of piperidine rings is 1. The van der Waals surface area contributed by atoms with Crippen LogP contribution in [0.4, 0.5) is 0 Å². The summed E-state index contributed by atoms with van der Waals surface area (Å²) in [4.78, 5) is 20.2. The van der Waals surface area contributed by atoms with Crippen molar-refractivity contribution < 1.29 is 9.53 Å². The lowest BCUT2D eigenvalue weighted by Crippen LogP contribution is -2.74. The van der Waals surface area contributed by atoms with E-state index in [0.717, 1.165) is 44.9 Å². The summed E-state index contributed by atoms with van der Waals surface area (Å²) < 4.78 is 6.32. The van der Waals surface area contributed by atoms with Gasteiger partial charge in [0.15, 0.2) is 0 Å². The Hall–Kier alpha value is -3.10. The molecule has 0 atom stereocenters. The van der Waals surface area contributed by atoms with Gasteiger partial charge >= 0.3 is 0 Å². The SMILES string of the molecule is CC1(C)C(NC(=O)c2ccc(C#CC3CCN(CC4CNC4)CC3)nc2)C(C)(C)C1Oc1ccc(C#N)c(Cl)c1. The molecule has 3 aliphatic rings. The lowest BCUT2D eigenvalue weighted by Gasteiger charge is -2.63. The van der Waals surface area contributed by atoms with Crippen LogP contribution in [0.1, 0.15) is 62.2 Å². The molecule has 3 heterocycles. The maximum absolute atomic E-state index is 13.2. The second-order valence-electron chi connectivity index (χ2n) is 12.6. The van der Waals surface area contributed by atoms with Gasteiger partial charge in [-0.15, -0.1) is 0 Å². The molecule has 0 spiro atoms. The smallest absolute Gasteiger partial charge is 0.253 e. The average molecular weight is 560 g/mol. The van der Waals surface area contributed by atoms with Crippen molar-refractivity contribution in [1.82, 2.24) is 20.5 Å². The number of likely N-dealkylation sites (tertiary alicyclic amines) is 1. The van der Waals surface area contributed by atoms with Crippen LogP contribution >= 0.6 is 11.6 Å². The Labute approximate surface area is 242 Å². The van der Waals surface area contributed by atoms with E-state index in [4.69, 9.17) is 21.6 Å². The molecule has 7 nitrogen and oxygen atoms in total. The largest absolute Gasteiger partial charge is 0.489 e. The van der Waals surface area contributed by atoms with E-state index in [-0.39, 0.29) is 28.9 Å². The van der Waals surface area contributed by atoms with Crippen molar-refractivity contribution in [2.45, 2.75) is 52.7 Å². The number of halogens is 1. The molecule has 3 fully saturated rings. The highest BCUT2D eigenvalue weighted by Gasteiger charge is 2.64. The highest BCUT2D eigenvalue weighted by molar-refractivity contribution is 6.31. The van der Waals surface area contributed by atoms with Crippen LogP contribution in [0.2, 0.25) is 5.02 Å². The molecule has 8 heteroatoms. The van der Waals surface area contributed by atoms with Gasteiger partial charge < -0.3 is 20.3 Å². The Morgan fingerprint density at radius 1 is 1.18 bits per heavy atom. The number of rotatable bonds is 6. The second-order valence-corrected chi connectivity index (χ2v) is 13.0. The first-order valence-corrected chi connectivity index (χ1v) is 14.5. The van der Waals surface area contributed by atoms with Crippen LogP contribution in [0.5, 0.6) is 5.75 Å². The number of nitriles is 1. The van der Waals surface area contributed by atoms with Crippen LogP contribution in [0, 0.1) is 45.8 Å². The van der Waals surface area contributed by atoms with Crippen molar-refractivity contribution in [2.24, 2.45) is 22.7 Å². The van der Waals surface area contributed by atoms with Gasteiger partial charge in [-0.05, 0) is 62.0 Å². The summed E-state index contributed by atoms with van der Waals surface area (Å²) in [5.41, 5.74) is 0.957. The highest BCUT2D eigenvalue weighted by atomic mass is 35.5. The topological polar surface area (TPSA) is 90.3 Å². The Morgan fingerprint density at radius 2 is 1.90 bits per heavy atom. The highest BCUT2D eigenvalue weighted by Crippen LogP contribution is 2.55. The van der Waals surface area contributed by atoms with E-state index < -0.39 is 0 Å². The molecule has 5 rings (SSSR count). The normalized spacial score (nSPS) is 24.0. The number of nitrogens with one attached hydrogen (secondary N) is 2. The molecule has 1 amide bonds. The number of pyridine rings is 1. The lowest BCUT2D eigenvalue weighted by atomic mass is 9.49. The molecule has 0 unspecified atom stereocenters. The fourth-order valence-corrected chi connectivity index (χ4v) is 6.90. The minimum absolute atomic E-state index is 0.114. The predicted octanol–water partition coefficient (Wildman–Crippen LogP) is 4.50. The van der Waals surface area contributed by atoms with Crippen molar-refractivity contribution in [3.8, 4) is 23.7 Å². The molecule has 1 aliphatic carbocycles. The zero-order chi connectivity index (χ0) is 28.5. The Balaban J connectivity index is 1.15. The minimum atomic E-state index is -0.331. The molecule has 1 aromatic carbocycles. The van der Waals surface area contributed by atoms with Crippen LogP contribution in [0.25, 0.3) is 0 Å². The number of carbonyl (C=O) groups excluding carboxylic acids is 1. The van der Waals surface area contributed by atoms with Gasteiger partial charge in [-0.1, -0.05) is 45.2 Å². The van der Waals surface area contributed by atoms with Crippen molar-refractivity contribution in [1.29, 1.82) is 5.26 Å². The van der Waals surface area contributed by atoms with Gasteiger partial charge in [0.1, 0.15) is 23.6 Å². The third-order valence-corrected chi connectivity index (χ3v) is 9.14. The molecule has 1 saturated carbocycles. The fourth-order valence-electron chi connectivity index (χ4n) is 6.69. The molecule has 210 valence electrons. The average Bonchev–Trinajstić information content (AvgIpc) is 2.92. The summed E-state index contributed by atoms with van der Waals surface area (Å²) in [6.45, 7) is 14.1. The van der Waals surface area contributed by atoms with Crippen molar-refractivity contribution in [3.63, 3.8) is 0 Å². The fraction of sp³-hybridized carbons (Fsp3) is 0.531. The Kier molecular flexibility index (Phi) is 8.11. The molecule has 0 bridgehead atoms. The van der Waals surface area contributed by atoms with Gasteiger partial charge in [0, 0.05) is 54.7 Å². The monoisotopic (exact) mass is 559 g/mol. The molecular weight excluding hydrogens is 522 g/mol. The standard InChI is InChI=1S/C32H38ClN5O2/c1-31(2)29(32(3,4)30(31)40-26-10-7-23(16-34)27(33)15-26)37-28(39)24-6-9-25(36-19-24)8-5-21-11-13-38(14-12-21)20-22-17-35-18-22/h6-7,9-10,15,19,21-22,29-30,35H,11-14,17-18,20H2,1-4H3,(H,37,39). The van der Waals surface area contributed by atoms with E-state index in [1.54, 1.807) is 30.5 Å². The van der Waals surface area contributed by atoms with E-state index in [1.807, 2.05) is 6.07 Å². The maximum atomic E-state index is 13.2. The summed E-state index contributed by atoms with van der Waals surface area (Å²) in [6, 6.07) is 10.7. The third-order valence-electron chi connectivity index (χ3n) is 8.83. The first-order chi connectivity index (χ1) is 19.1. The van der Waals surface area contributed by atoms with Gasteiger partial charge in [-0.25, -0.2) is 4.98 Å². The summed E-state index contributed by atoms with van der Waals surface area (Å²) in [7, 11) is 0. The molecule has 40 heavy (non-hydrogen) atoms. The van der Waals surface area contributed by atoms with Gasteiger partial charge in [-0.3, -0.25) is 4.79 Å². The molecule has 1 aromatic heterocycles. The number of carbonyl (C=O) groups is 1. The Bertz CT molecular complexity index is 1330. The molecule has 2 aromatic rings. The van der Waals surface area contributed by atoms with Crippen LogP contribution in [-0.4, -0.2) is 60.7 Å². The van der Waals surface area contributed by atoms with Crippen LogP contribution in [-0.2, 0) is 0 Å². The maximum Gasteiger partial charge on any atom is 0.253 e. The van der Waals surface area contributed by atoms with Gasteiger partial charge in [0.25, 0.3) is 5.91 Å². The molecule has 2 N–H and O–H groups in total. The number of nitrogens with zero attached hydrogens (tertiary/aromatic N) is 3. The predicted molar refractivity (Wildman–Crippen MR) is 156 cm³/mol. The van der Waals surface area contributed by atoms with Crippen LogP contribution in [0.15, 0.2) is 36.5 Å². The molecule has 0 radical (unpaired) electrons. The zero-order valence-electron chi connectivity index (χ0n) is 23.8. The van der Waals surface area contributed by atoms with Crippen LogP contribution in [0.3, 0.4) is 0 Å². The first-order valence-electron chi connectivity index (χ1n) is 14.2. The van der Waals surface area contributed by atoms with Crippen molar-refractivity contribution in [3.05, 3.63) is 58.4 Å². The molecule has 2 saturated heterocycles. The van der Waals surface area contributed by atoms with E-state index in [2.05, 4.69) is 66.1 Å². The summed E-state index contributed by atoms with van der Waals surface area (Å²) >= 11 is 6.20. The van der Waals surface area contributed by atoms with Crippen molar-refractivity contribution in [2.75, 3.05) is 32.7 Å². The van der Waals surface area contributed by atoms with E-state index in [9.17, 15) is 4.79 Å². The summed E-state index contributed by atoms with van der Waals surface area (Å²) in [6.07, 6.45) is 3.65. The van der Waals surface area contributed by atoms with Gasteiger partial charge in [0.05, 0.1) is 16.1 Å². The first kappa shape index (κ1) is 28.4. The Morgan fingerprint density at radius 3 is 2.48 bits per heavy atom. The number of amides is 1.